The molecule has 0 fully saturated rings. The fraction of sp³-hybridized carbons (Fsp3) is 0. The molecule has 0 spiro atoms. The second kappa shape index (κ2) is 4.45. The molecule has 0 amide bonds. The Hall–Kier alpha value is -3.15. The average molecular weight is 277 g/mol. The zero-order valence-corrected chi connectivity index (χ0v) is 10.9. The highest BCUT2D eigenvalue weighted by Gasteiger charge is 2.06. The molecule has 6 heteroatoms. The summed E-state index contributed by atoms with van der Waals surface area (Å²) < 4.78 is 0. The van der Waals surface area contributed by atoms with Gasteiger partial charge in [-0.3, -0.25) is 4.98 Å². The van der Waals surface area contributed by atoms with Crippen molar-refractivity contribution in [3.05, 3.63) is 59.5 Å². The Morgan fingerprint density at radius 3 is 2.81 bits per heavy atom. The molecule has 0 bridgehead atoms. The number of nitrogens with one attached hydrogen (secondary N) is 3. The van der Waals surface area contributed by atoms with E-state index in [0.29, 0.717) is 11.4 Å². The van der Waals surface area contributed by atoms with Crippen LogP contribution in [0.5, 0.6) is 0 Å². The maximum Gasteiger partial charge on any atom is 0.323 e. The number of fused-ring (bicyclic) bond motifs is 1. The molecule has 102 valence electrons. The zero-order chi connectivity index (χ0) is 14.2. The molecule has 4 aromatic heterocycles. The van der Waals surface area contributed by atoms with Crippen LogP contribution in [0.25, 0.3) is 33.5 Å². The molecule has 0 aliphatic carbocycles. The van der Waals surface area contributed by atoms with Gasteiger partial charge < -0.3 is 15.0 Å². The van der Waals surface area contributed by atoms with Crippen LogP contribution in [0, 0.1) is 0 Å². The van der Waals surface area contributed by atoms with Crippen LogP contribution in [0.2, 0.25) is 0 Å². The van der Waals surface area contributed by atoms with Crippen molar-refractivity contribution in [3.63, 3.8) is 0 Å². The first-order valence-electron chi connectivity index (χ1n) is 6.47. The molecule has 0 radical (unpaired) electrons. The van der Waals surface area contributed by atoms with E-state index in [-0.39, 0.29) is 5.69 Å². The van der Waals surface area contributed by atoms with Crippen molar-refractivity contribution < 1.29 is 0 Å². The number of aromatic amines is 3. The highest BCUT2D eigenvalue weighted by atomic mass is 16.1. The van der Waals surface area contributed by atoms with Gasteiger partial charge in [0.05, 0.1) is 11.4 Å². The lowest BCUT2D eigenvalue weighted by molar-refractivity contribution is 1.18. The molecule has 0 aliphatic rings. The van der Waals surface area contributed by atoms with Gasteiger partial charge in [-0.1, -0.05) is 0 Å². The summed E-state index contributed by atoms with van der Waals surface area (Å²) in [5.41, 5.74) is 3.99. The Kier molecular flexibility index (Phi) is 2.47. The van der Waals surface area contributed by atoms with E-state index in [1.807, 2.05) is 30.6 Å². The summed E-state index contributed by atoms with van der Waals surface area (Å²) in [5, 5.41) is 1.06. The number of pyridine rings is 2. The van der Waals surface area contributed by atoms with Crippen LogP contribution in [-0.4, -0.2) is 24.9 Å². The Morgan fingerprint density at radius 1 is 1.00 bits per heavy atom. The van der Waals surface area contributed by atoms with E-state index in [0.717, 1.165) is 22.2 Å². The molecule has 4 aromatic rings. The quantitative estimate of drug-likeness (QED) is 0.525. The van der Waals surface area contributed by atoms with Gasteiger partial charge >= 0.3 is 5.69 Å². The number of nitrogens with zero attached hydrogens (tertiary/aromatic N) is 2. The van der Waals surface area contributed by atoms with Crippen LogP contribution in [0.4, 0.5) is 0 Å². The molecular weight excluding hydrogens is 266 g/mol. The van der Waals surface area contributed by atoms with Crippen LogP contribution < -0.4 is 5.69 Å². The molecule has 0 aliphatic heterocycles. The molecule has 0 atom stereocenters. The number of rotatable bonds is 2. The Morgan fingerprint density at radius 2 is 1.95 bits per heavy atom. The normalized spacial score (nSPS) is 11.0. The predicted octanol–water partition coefficient (Wildman–Crippen LogP) is 2.31. The van der Waals surface area contributed by atoms with Crippen molar-refractivity contribution in [2.75, 3.05) is 0 Å². The maximum atomic E-state index is 11.2. The predicted molar refractivity (Wildman–Crippen MR) is 79.7 cm³/mol. The third-order valence-corrected chi connectivity index (χ3v) is 3.37. The number of aromatic nitrogens is 5. The van der Waals surface area contributed by atoms with Gasteiger partial charge in [-0.2, -0.15) is 0 Å². The van der Waals surface area contributed by atoms with Gasteiger partial charge in [0.1, 0.15) is 5.65 Å². The minimum absolute atomic E-state index is 0.243. The lowest BCUT2D eigenvalue weighted by atomic mass is 10.1. The summed E-state index contributed by atoms with van der Waals surface area (Å²) in [5.74, 6) is 0. The number of hydrogen-bond donors (Lipinski definition) is 3. The summed E-state index contributed by atoms with van der Waals surface area (Å²) in [6.07, 6.45) is 7.01. The highest BCUT2D eigenvalue weighted by molar-refractivity contribution is 5.81. The van der Waals surface area contributed by atoms with Crippen molar-refractivity contribution in [3.8, 4) is 22.5 Å². The molecular formula is C15H11N5O. The molecule has 0 saturated carbocycles. The number of H-pyrrole nitrogens is 3. The van der Waals surface area contributed by atoms with Crippen LogP contribution in [0.1, 0.15) is 0 Å². The van der Waals surface area contributed by atoms with Gasteiger partial charge in [0, 0.05) is 35.7 Å². The van der Waals surface area contributed by atoms with E-state index >= 15 is 0 Å². The summed E-state index contributed by atoms with van der Waals surface area (Å²) in [4.78, 5) is 28.2. The molecule has 4 heterocycles. The minimum Gasteiger partial charge on any atom is -0.346 e. The van der Waals surface area contributed by atoms with Gasteiger partial charge in [-0.25, -0.2) is 9.78 Å². The lowest BCUT2D eigenvalue weighted by Crippen LogP contribution is -2.00. The SMILES string of the molecule is O=c1[nH]cc(-c2cc(-c3cnc4[nH]ccc4c3)ccn2)[nH]1. The van der Waals surface area contributed by atoms with Crippen molar-refractivity contribution in [2.45, 2.75) is 0 Å². The first kappa shape index (κ1) is 11.7. The van der Waals surface area contributed by atoms with E-state index in [1.165, 1.54) is 0 Å². The highest BCUT2D eigenvalue weighted by Crippen LogP contribution is 2.24. The van der Waals surface area contributed by atoms with Crippen molar-refractivity contribution in [2.24, 2.45) is 0 Å². The van der Waals surface area contributed by atoms with Crippen LogP contribution in [0.15, 0.2) is 53.8 Å². The minimum atomic E-state index is -0.243. The molecule has 4 rings (SSSR count). The Labute approximate surface area is 118 Å². The standard InChI is InChI=1S/C15H11N5O/c21-15-19-8-13(20-15)12-6-9(1-3-16-12)11-5-10-2-4-17-14(10)18-7-11/h1-8H,(H,17,18)(H2,19,20,21). The molecule has 0 unspecified atom stereocenters. The smallest absolute Gasteiger partial charge is 0.323 e. The van der Waals surface area contributed by atoms with Gasteiger partial charge in [0.15, 0.2) is 0 Å². The third-order valence-electron chi connectivity index (χ3n) is 3.37. The fourth-order valence-corrected chi connectivity index (χ4v) is 2.33. The summed E-state index contributed by atoms with van der Waals surface area (Å²) in [6, 6.07) is 7.90. The van der Waals surface area contributed by atoms with Crippen LogP contribution in [-0.2, 0) is 0 Å². The monoisotopic (exact) mass is 277 g/mol. The fourth-order valence-electron chi connectivity index (χ4n) is 2.33. The van der Waals surface area contributed by atoms with Crippen LogP contribution >= 0.6 is 0 Å². The lowest BCUT2D eigenvalue weighted by Gasteiger charge is -2.03. The molecule has 3 N–H and O–H groups in total. The number of imidazole rings is 1. The number of hydrogen-bond acceptors (Lipinski definition) is 3. The summed E-state index contributed by atoms with van der Waals surface area (Å²) in [7, 11) is 0. The van der Waals surface area contributed by atoms with Crippen LogP contribution in [0.3, 0.4) is 0 Å². The first-order chi connectivity index (χ1) is 10.3. The van der Waals surface area contributed by atoms with E-state index in [4.69, 9.17) is 0 Å². The maximum absolute atomic E-state index is 11.2. The third kappa shape index (κ3) is 2.02. The molecule has 21 heavy (non-hydrogen) atoms. The molecule has 6 nitrogen and oxygen atoms in total. The second-order valence-corrected chi connectivity index (χ2v) is 4.73. The van der Waals surface area contributed by atoms with Crippen molar-refractivity contribution in [1.82, 2.24) is 24.9 Å². The Balaban J connectivity index is 1.83. The van der Waals surface area contributed by atoms with Gasteiger partial charge in [-0.05, 0) is 29.8 Å². The molecule has 0 saturated heterocycles. The van der Waals surface area contributed by atoms with Gasteiger partial charge in [0.25, 0.3) is 0 Å². The summed E-state index contributed by atoms with van der Waals surface area (Å²) in [6.45, 7) is 0. The first-order valence-corrected chi connectivity index (χ1v) is 6.47. The van der Waals surface area contributed by atoms with E-state index in [9.17, 15) is 4.79 Å². The average Bonchev–Trinajstić information content (AvgIpc) is 3.15. The van der Waals surface area contributed by atoms with E-state index in [1.54, 1.807) is 12.4 Å². The molecule has 0 aromatic carbocycles. The zero-order valence-electron chi connectivity index (χ0n) is 10.9. The largest absolute Gasteiger partial charge is 0.346 e. The Bertz CT molecular complexity index is 979. The van der Waals surface area contributed by atoms with Crippen molar-refractivity contribution >= 4 is 11.0 Å². The second-order valence-electron chi connectivity index (χ2n) is 4.73. The van der Waals surface area contributed by atoms with E-state index in [2.05, 4.69) is 31.0 Å². The van der Waals surface area contributed by atoms with Gasteiger partial charge in [-0.15, -0.1) is 0 Å². The topological polar surface area (TPSA) is 90.2 Å². The van der Waals surface area contributed by atoms with Gasteiger partial charge in [0.2, 0.25) is 0 Å². The van der Waals surface area contributed by atoms with Crippen molar-refractivity contribution in [1.29, 1.82) is 0 Å². The van der Waals surface area contributed by atoms with E-state index < -0.39 is 0 Å². The summed E-state index contributed by atoms with van der Waals surface area (Å²) >= 11 is 0.